The number of aromatic nitrogens is 1. The molecule has 0 bridgehead atoms. The topological polar surface area (TPSA) is 54.4 Å². The normalized spacial score (nSPS) is 10.1. The fourth-order valence-corrected chi connectivity index (χ4v) is 2.52. The van der Waals surface area contributed by atoms with E-state index in [1.54, 1.807) is 25.4 Å². The first-order valence-corrected chi connectivity index (χ1v) is 7.14. The Morgan fingerprint density at radius 3 is 2.73 bits per heavy atom. The predicted octanol–water partition coefficient (Wildman–Crippen LogP) is 4.88. The second-order valence-corrected chi connectivity index (χ2v) is 5.48. The molecule has 3 aromatic rings. The molecule has 0 fully saturated rings. The first-order valence-electron chi connectivity index (χ1n) is 6.35. The van der Waals surface area contributed by atoms with E-state index in [0.29, 0.717) is 5.75 Å². The number of nitrogens with one attached hydrogen (secondary N) is 1. The van der Waals surface area contributed by atoms with Crippen LogP contribution in [0.3, 0.4) is 0 Å². The minimum absolute atomic E-state index is 0. The van der Waals surface area contributed by atoms with E-state index in [9.17, 15) is 5.11 Å². The molecule has 6 heteroatoms. The maximum atomic E-state index is 9.72. The summed E-state index contributed by atoms with van der Waals surface area (Å²) in [5.41, 5.74) is 2.56. The number of pyridine rings is 1. The van der Waals surface area contributed by atoms with Crippen LogP contribution in [0.2, 0.25) is 0 Å². The lowest BCUT2D eigenvalue weighted by Gasteiger charge is -2.11. The van der Waals surface area contributed by atoms with Crippen LogP contribution in [0.5, 0.6) is 11.5 Å². The van der Waals surface area contributed by atoms with Crippen LogP contribution >= 0.6 is 28.3 Å². The van der Waals surface area contributed by atoms with Crippen molar-refractivity contribution in [3.05, 3.63) is 53.1 Å². The molecule has 1 aromatic heterocycles. The van der Waals surface area contributed by atoms with Gasteiger partial charge in [0.15, 0.2) is 0 Å². The number of anilines is 2. The van der Waals surface area contributed by atoms with Gasteiger partial charge < -0.3 is 15.2 Å². The molecule has 0 aliphatic rings. The van der Waals surface area contributed by atoms with Crippen LogP contribution in [0.4, 0.5) is 11.4 Å². The molecule has 1 heterocycles. The molecule has 22 heavy (non-hydrogen) atoms. The molecule has 4 nitrogen and oxygen atoms in total. The van der Waals surface area contributed by atoms with Crippen molar-refractivity contribution in [2.75, 3.05) is 12.4 Å². The molecule has 2 N–H and O–H groups in total. The van der Waals surface area contributed by atoms with Crippen molar-refractivity contribution in [3.8, 4) is 11.5 Å². The zero-order valence-corrected chi connectivity index (χ0v) is 14.1. The van der Waals surface area contributed by atoms with Gasteiger partial charge in [0.25, 0.3) is 0 Å². The summed E-state index contributed by atoms with van der Waals surface area (Å²) in [7, 11) is 1.57. The van der Waals surface area contributed by atoms with Crippen LogP contribution in [0, 0.1) is 0 Å². The highest BCUT2D eigenvalue weighted by Gasteiger charge is 2.05. The third-order valence-electron chi connectivity index (χ3n) is 3.11. The minimum Gasteiger partial charge on any atom is -0.508 e. The molecule has 0 unspecified atom stereocenters. The third-order valence-corrected chi connectivity index (χ3v) is 3.60. The quantitative estimate of drug-likeness (QED) is 0.679. The number of fused-ring (bicyclic) bond motifs is 1. The summed E-state index contributed by atoms with van der Waals surface area (Å²) >= 11 is 3.47. The zero-order chi connectivity index (χ0) is 14.8. The van der Waals surface area contributed by atoms with Gasteiger partial charge in [-0.2, -0.15) is 0 Å². The summed E-state index contributed by atoms with van der Waals surface area (Å²) in [5.74, 6) is 0.744. The first kappa shape index (κ1) is 16.4. The Morgan fingerprint density at radius 1 is 1.14 bits per heavy atom. The Balaban J connectivity index is 0.00000176. The average molecular weight is 382 g/mol. The van der Waals surface area contributed by atoms with Gasteiger partial charge in [0.1, 0.15) is 11.5 Å². The second kappa shape index (κ2) is 6.85. The van der Waals surface area contributed by atoms with E-state index in [2.05, 4.69) is 26.2 Å². The minimum atomic E-state index is 0. The Morgan fingerprint density at radius 2 is 1.95 bits per heavy atom. The van der Waals surface area contributed by atoms with Gasteiger partial charge in [-0.15, -0.1) is 12.4 Å². The van der Waals surface area contributed by atoms with E-state index < -0.39 is 0 Å². The van der Waals surface area contributed by atoms with Crippen LogP contribution in [-0.4, -0.2) is 17.2 Å². The summed E-state index contributed by atoms with van der Waals surface area (Å²) in [6, 6.07) is 12.8. The van der Waals surface area contributed by atoms with Crippen molar-refractivity contribution in [2.45, 2.75) is 0 Å². The number of rotatable bonds is 3. The van der Waals surface area contributed by atoms with Crippen LogP contribution in [-0.2, 0) is 0 Å². The molecule has 0 aliphatic heterocycles. The van der Waals surface area contributed by atoms with Crippen LogP contribution < -0.4 is 10.1 Å². The van der Waals surface area contributed by atoms with Crippen molar-refractivity contribution >= 4 is 50.6 Å². The number of hydrogen-bond acceptors (Lipinski definition) is 4. The van der Waals surface area contributed by atoms with E-state index >= 15 is 0 Å². The summed E-state index contributed by atoms with van der Waals surface area (Å²) < 4.78 is 6.15. The van der Waals surface area contributed by atoms with Gasteiger partial charge in [-0.25, -0.2) is 0 Å². The van der Waals surface area contributed by atoms with E-state index in [1.165, 1.54) is 0 Å². The van der Waals surface area contributed by atoms with Crippen LogP contribution in [0.15, 0.2) is 53.1 Å². The summed E-state index contributed by atoms with van der Waals surface area (Å²) in [4.78, 5) is 4.34. The van der Waals surface area contributed by atoms with E-state index in [0.717, 1.165) is 26.8 Å². The molecule has 0 saturated carbocycles. The maximum absolute atomic E-state index is 9.72. The Bertz CT molecular complexity index is 811. The summed E-state index contributed by atoms with van der Waals surface area (Å²) in [6.45, 7) is 0. The lowest BCUT2D eigenvalue weighted by molar-refractivity contribution is 0.408. The Hall–Kier alpha value is -1.98. The van der Waals surface area contributed by atoms with Crippen LogP contribution in [0.1, 0.15) is 0 Å². The highest BCUT2D eigenvalue weighted by atomic mass is 79.9. The number of aromatic hydroxyl groups is 1. The van der Waals surface area contributed by atoms with Crippen molar-refractivity contribution in [3.63, 3.8) is 0 Å². The van der Waals surface area contributed by atoms with Gasteiger partial charge in [0.2, 0.25) is 0 Å². The molecule has 2 aromatic carbocycles. The average Bonchev–Trinajstić information content (AvgIpc) is 2.47. The lowest BCUT2D eigenvalue weighted by atomic mass is 10.2. The number of phenolic OH excluding ortho intramolecular Hbond substituents is 1. The largest absolute Gasteiger partial charge is 0.508 e. The second-order valence-electron chi connectivity index (χ2n) is 4.56. The summed E-state index contributed by atoms with van der Waals surface area (Å²) in [5, 5.41) is 14.0. The molecule has 0 atom stereocenters. The number of benzene rings is 2. The first-order chi connectivity index (χ1) is 10.2. The Kier molecular flexibility index (Phi) is 5.11. The smallest absolute Gasteiger partial charge is 0.124 e. The zero-order valence-electron chi connectivity index (χ0n) is 11.7. The van der Waals surface area contributed by atoms with E-state index in [4.69, 9.17) is 4.74 Å². The predicted molar refractivity (Wildman–Crippen MR) is 94.6 cm³/mol. The van der Waals surface area contributed by atoms with Gasteiger partial charge in [-0.3, -0.25) is 4.98 Å². The number of halogens is 2. The molecular weight excluding hydrogens is 368 g/mol. The molecule has 0 radical (unpaired) electrons. The number of methoxy groups -OCH3 is 1. The molecule has 0 saturated heterocycles. The van der Waals surface area contributed by atoms with Gasteiger partial charge >= 0.3 is 0 Å². The maximum Gasteiger partial charge on any atom is 0.124 e. The molecule has 0 amide bonds. The lowest BCUT2D eigenvalue weighted by Crippen LogP contribution is -1.93. The highest BCUT2D eigenvalue weighted by molar-refractivity contribution is 9.10. The van der Waals surface area contributed by atoms with Gasteiger partial charge in [0, 0.05) is 45.6 Å². The molecule has 114 valence electrons. The molecule has 0 spiro atoms. The molecular formula is C16H14BrClN2O2. The van der Waals surface area contributed by atoms with E-state index in [-0.39, 0.29) is 18.2 Å². The highest BCUT2D eigenvalue weighted by Crippen LogP contribution is 2.31. The number of phenols is 1. The van der Waals surface area contributed by atoms with Crippen LogP contribution in [0.25, 0.3) is 10.9 Å². The summed E-state index contributed by atoms with van der Waals surface area (Å²) in [6.07, 6.45) is 1.75. The standard InChI is InChI=1S/C16H13BrN2O2.ClH/c1-21-13-8-11(7-12(20)9-13)19-16-4-5-18-15-3-2-10(17)6-14(15)16;/h2-9,20H,1H3,(H,18,19);1H. The SMILES string of the molecule is COc1cc(O)cc(Nc2ccnc3ccc(Br)cc23)c1.Cl. The fraction of sp³-hybridized carbons (Fsp3) is 0.0625. The number of hydrogen-bond donors (Lipinski definition) is 2. The molecule has 0 aliphatic carbocycles. The van der Waals surface area contributed by atoms with Gasteiger partial charge in [-0.1, -0.05) is 15.9 Å². The number of nitrogens with zero attached hydrogens (tertiary/aromatic N) is 1. The fourth-order valence-electron chi connectivity index (χ4n) is 2.16. The Labute approximate surface area is 142 Å². The number of ether oxygens (including phenoxy) is 1. The van der Waals surface area contributed by atoms with Crippen molar-refractivity contribution < 1.29 is 9.84 Å². The van der Waals surface area contributed by atoms with Gasteiger partial charge in [0.05, 0.1) is 12.6 Å². The van der Waals surface area contributed by atoms with E-state index in [1.807, 2.05) is 30.3 Å². The van der Waals surface area contributed by atoms with Crippen molar-refractivity contribution in [2.24, 2.45) is 0 Å². The third kappa shape index (κ3) is 3.43. The van der Waals surface area contributed by atoms with Crippen molar-refractivity contribution in [1.82, 2.24) is 4.98 Å². The monoisotopic (exact) mass is 380 g/mol. The van der Waals surface area contributed by atoms with Gasteiger partial charge in [-0.05, 0) is 24.3 Å². The van der Waals surface area contributed by atoms with Crippen molar-refractivity contribution in [1.29, 1.82) is 0 Å². The molecule has 3 rings (SSSR count).